The first-order valence-electron chi connectivity index (χ1n) is 2.05. The molecule has 0 spiro atoms. The van der Waals surface area contributed by atoms with E-state index in [0.717, 1.165) is 0 Å². The van der Waals surface area contributed by atoms with Gasteiger partial charge in [-0.25, -0.2) is 0 Å². The van der Waals surface area contributed by atoms with Crippen LogP contribution >= 0.6 is 24.4 Å². The van der Waals surface area contributed by atoms with Crippen LogP contribution in [0.4, 0.5) is 0 Å². The summed E-state index contributed by atoms with van der Waals surface area (Å²) in [6.07, 6.45) is 0. The zero-order valence-electron chi connectivity index (χ0n) is 4.26. The molecular formula is C3H5N3S2. The fraction of sp³-hybridized carbons (Fsp3) is 0.333. The van der Waals surface area contributed by atoms with Crippen molar-refractivity contribution in [3.8, 4) is 0 Å². The molecule has 44 valence electrons. The van der Waals surface area contributed by atoms with Crippen molar-refractivity contribution >= 4 is 24.4 Å². The molecule has 0 saturated heterocycles. The van der Waals surface area contributed by atoms with E-state index in [0.29, 0.717) is 9.54 Å². The molecule has 8 heavy (non-hydrogen) atoms. The van der Waals surface area contributed by atoms with Crippen LogP contribution in [0.25, 0.3) is 0 Å². The molecule has 1 rings (SSSR count). The largest absolute Gasteiger partial charge is 0.296 e. The van der Waals surface area contributed by atoms with Crippen molar-refractivity contribution in [1.82, 2.24) is 14.8 Å². The predicted octanol–water partition coefficient (Wildman–Crippen LogP) is 1.14. The number of hydrogen-bond acceptors (Lipinski definition) is 2. The maximum absolute atomic E-state index is 4.78. The molecule has 0 amide bonds. The smallest absolute Gasteiger partial charge is 0.193 e. The van der Waals surface area contributed by atoms with E-state index < -0.39 is 0 Å². The Labute approximate surface area is 56.3 Å². The van der Waals surface area contributed by atoms with Gasteiger partial charge in [-0.1, -0.05) is 0 Å². The van der Waals surface area contributed by atoms with E-state index in [1.807, 2.05) is 0 Å². The van der Waals surface area contributed by atoms with Crippen molar-refractivity contribution in [1.29, 1.82) is 0 Å². The highest BCUT2D eigenvalue weighted by atomic mass is 32.1. The van der Waals surface area contributed by atoms with Gasteiger partial charge in [-0.3, -0.25) is 14.8 Å². The summed E-state index contributed by atoms with van der Waals surface area (Å²) in [6, 6.07) is 0. The van der Waals surface area contributed by atoms with Crippen LogP contribution in [0.15, 0.2) is 0 Å². The third-order valence-electron chi connectivity index (χ3n) is 0.886. The average molecular weight is 147 g/mol. The van der Waals surface area contributed by atoms with Gasteiger partial charge in [0.05, 0.1) is 0 Å². The van der Waals surface area contributed by atoms with Crippen molar-refractivity contribution in [3.63, 3.8) is 0 Å². The first kappa shape index (κ1) is 5.71. The molecule has 0 bridgehead atoms. The quantitative estimate of drug-likeness (QED) is 0.540. The summed E-state index contributed by atoms with van der Waals surface area (Å²) in [6.45, 7) is 0. The minimum absolute atomic E-state index is 0.620. The summed E-state index contributed by atoms with van der Waals surface area (Å²) in [5, 5.41) is 5.37. The lowest BCUT2D eigenvalue weighted by Gasteiger charge is -1.79. The molecule has 0 aliphatic carbocycles. The minimum atomic E-state index is 0.620. The fourth-order valence-electron chi connectivity index (χ4n) is 0.367. The third kappa shape index (κ3) is 0.740. The molecule has 2 N–H and O–H groups in total. The van der Waals surface area contributed by atoms with Crippen LogP contribution in [0.5, 0.6) is 0 Å². The van der Waals surface area contributed by atoms with Gasteiger partial charge >= 0.3 is 0 Å². The molecule has 3 nitrogen and oxygen atoms in total. The second-order valence-electron chi connectivity index (χ2n) is 1.42. The van der Waals surface area contributed by atoms with E-state index in [1.165, 1.54) is 0 Å². The Kier molecular flexibility index (Phi) is 1.31. The third-order valence-corrected chi connectivity index (χ3v) is 1.64. The summed E-state index contributed by atoms with van der Waals surface area (Å²) in [4.78, 5) is 0. The lowest BCUT2D eigenvalue weighted by molar-refractivity contribution is 0.878. The number of aromatic amines is 2. The van der Waals surface area contributed by atoms with Gasteiger partial charge in [0.2, 0.25) is 0 Å². The van der Waals surface area contributed by atoms with Crippen molar-refractivity contribution in [2.45, 2.75) is 0 Å². The standard InChI is InChI=1S/C3H5N3S2/c1-6-2(7)4-5-3(6)8/h1H3,(H,4,7)(H,5,8). The Bertz CT molecular complexity index is 250. The lowest BCUT2D eigenvalue weighted by Crippen LogP contribution is -1.84. The van der Waals surface area contributed by atoms with Gasteiger partial charge in [0, 0.05) is 7.05 Å². The van der Waals surface area contributed by atoms with Crippen molar-refractivity contribution < 1.29 is 0 Å². The first-order chi connectivity index (χ1) is 3.72. The highest BCUT2D eigenvalue weighted by molar-refractivity contribution is 7.72. The van der Waals surface area contributed by atoms with Crippen LogP contribution in [0.2, 0.25) is 0 Å². The average Bonchev–Trinajstić information content (AvgIpc) is 1.98. The van der Waals surface area contributed by atoms with E-state index in [9.17, 15) is 0 Å². The molecule has 5 heteroatoms. The van der Waals surface area contributed by atoms with Crippen LogP contribution in [0.3, 0.4) is 0 Å². The van der Waals surface area contributed by atoms with Crippen LogP contribution in [0, 0.1) is 9.54 Å². The molecular weight excluding hydrogens is 142 g/mol. The monoisotopic (exact) mass is 147 g/mol. The van der Waals surface area contributed by atoms with Crippen molar-refractivity contribution in [2.24, 2.45) is 7.05 Å². The topological polar surface area (TPSA) is 36.5 Å². The van der Waals surface area contributed by atoms with E-state index in [-0.39, 0.29) is 0 Å². The predicted molar refractivity (Wildman–Crippen MR) is 35.8 cm³/mol. The number of rotatable bonds is 0. The van der Waals surface area contributed by atoms with Gasteiger partial charge in [0.25, 0.3) is 0 Å². The second-order valence-corrected chi connectivity index (χ2v) is 2.19. The second kappa shape index (κ2) is 1.83. The highest BCUT2D eigenvalue weighted by Gasteiger charge is 1.83. The molecule has 0 unspecified atom stereocenters. The van der Waals surface area contributed by atoms with Gasteiger partial charge in [0.15, 0.2) is 9.54 Å². The van der Waals surface area contributed by atoms with Gasteiger partial charge in [-0.15, -0.1) is 0 Å². The minimum Gasteiger partial charge on any atom is -0.296 e. The lowest BCUT2D eigenvalue weighted by atomic mass is 11.1. The van der Waals surface area contributed by atoms with Crippen molar-refractivity contribution in [3.05, 3.63) is 9.54 Å². The molecule has 1 aromatic heterocycles. The molecule has 0 aliphatic rings. The molecule has 0 atom stereocenters. The molecule has 0 aliphatic heterocycles. The van der Waals surface area contributed by atoms with Gasteiger partial charge in [0.1, 0.15) is 0 Å². The molecule has 1 heterocycles. The molecule has 1 aromatic rings. The first-order valence-corrected chi connectivity index (χ1v) is 2.87. The van der Waals surface area contributed by atoms with E-state index >= 15 is 0 Å². The maximum atomic E-state index is 4.78. The Balaban J connectivity index is 3.66. The summed E-state index contributed by atoms with van der Waals surface area (Å²) < 4.78 is 2.93. The zero-order chi connectivity index (χ0) is 6.15. The molecule has 0 fully saturated rings. The summed E-state index contributed by atoms with van der Waals surface area (Å²) in [7, 11) is 1.80. The Hall–Kier alpha value is -0.420. The van der Waals surface area contributed by atoms with Crippen LogP contribution in [-0.4, -0.2) is 14.8 Å². The van der Waals surface area contributed by atoms with Crippen LogP contribution in [-0.2, 0) is 7.05 Å². The van der Waals surface area contributed by atoms with Gasteiger partial charge < -0.3 is 0 Å². The number of hydrogen-bond donors (Lipinski definition) is 2. The Morgan fingerprint density at radius 3 is 1.75 bits per heavy atom. The van der Waals surface area contributed by atoms with E-state index in [1.54, 1.807) is 11.6 Å². The zero-order valence-corrected chi connectivity index (χ0v) is 5.90. The number of H-pyrrole nitrogens is 2. The molecule has 0 radical (unpaired) electrons. The van der Waals surface area contributed by atoms with E-state index in [4.69, 9.17) is 24.4 Å². The maximum Gasteiger partial charge on any atom is 0.193 e. The summed E-state index contributed by atoms with van der Waals surface area (Å²) in [5.41, 5.74) is 0. The van der Waals surface area contributed by atoms with E-state index in [2.05, 4.69) is 10.2 Å². The SMILES string of the molecule is Cn1c(=S)[nH][nH]c1=S. The number of nitrogens with zero attached hydrogens (tertiary/aromatic N) is 1. The Morgan fingerprint density at radius 1 is 1.25 bits per heavy atom. The van der Waals surface area contributed by atoms with Gasteiger partial charge in [-0.05, 0) is 24.4 Å². The highest BCUT2D eigenvalue weighted by Crippen LogP contribution is 1.83. The van der Waals surface area contributed by atoms with Crippen molar-refractivity contribution in [2.75, 3.05) is 0 Å². The summed E-state index contributed by atoms with van der Waals surface area (Å²) >= 11 is 9.57. The van der Waals surface area contributed by atoms with Crippen LogP contribution in [0.1, 0.15) is 0 Å². The number of aromatic nitrogens is 3. The Morgan fingerprint density at radius 2 is 1.62 bits per heavy atom. The van der Waals surface area contributed by atoms with Gasteiger partial charge in [-0.2, -0.15) is 0 Å². The molecule has 0 saturated carbocycles. The van der Waals surface area contributed by atoms with Crippen LogP contribution < -0.4 is 0 Å². The summed E-state index contributed by atoms with van der Waals surface area (Å²) in [5.74, 6) is 0. The normalized spacial score (nSPS) is 9.62. The number of nitrogens with one attached hydrogen (secondary N) is 2. The molecule has 0 aromatic carbocycles. The fourth-order valence-corrected chi connectivity index (χ4v) is 0.709.